The molecule has 2 aliphatic heterocycles. The van der Waals surface area contributed by atoms with Gasteiger partial charge in [0.1, 0.15) is 18.2 Å². The lowest BCUT2D eigenvalue weighted by molar-refractivity contribution is -0.121. The number of amides is 1. The van der Waals surface area contributed by atoms with Crippen LogP contribution in [0.4, 0.5) is 14.5 Å². The van der Waals surface area contributed by atoms with Crippen LogP contribution in [0.5, 0.6) is 0 Å². The zero-order chi connectivity index (χ0) is 17.5. The van der Waals surface area contributed by atoms with Gasteiger partial charge in [-0.15, -0.1) is 0 Å². The molecule has 0 aromatic heterocycles. The van der Waals surface area contributed by atoms with Crippen molar-refractivity contribution in [1.29, 1.82) is 0 Å². The van der Waals surface area contributed by atoms with Crippen molar-refractivity contribution in [3.63, 3.8) is 0 Å². The molecule has 3 rings (SSSR count). The molecule has 0 N–H and O–H groups in total. The van der Waals surface area contributed by atoms with Crippen molar-refractivity contribution in [2.45, 2.75) is 11.3 Å². The van der Waals surface area contributed by atoms with Crippen LogP contribution in [0, 0.1) is 11.6 Å². The first kappa shape index (κ1) is 17.3. The summed E-state index contributed by atoms with van der Waals surface area (Å²) in [5, 5.41) is -0.152. The van der Waals surface area contributed by atoms with E-state index in [1.807, 2.05) is 0 Å². The number of carbonyl (C=O) groups excluding carboxylic acids is 1. The molecule has 2 fully saturated rings. The number of amidine groups is 1. The minimum absolute atomic E-state index is 0.00235. The number of hydrogen-bond acceptors (Lipinski definition) is 5. The monoisotopic (exact) mass is 376 g/mol. The molecule has 24 heavy (non-hydrogen) atoms. The molecule has 1 aromatic rings. The summed E-state index contributed by atoms with van der Waals surface area (Å²) in [5.74, 6) is -2.38. The number of fused-ring (bicyclic) bond motifs is 1. The fourth-order valence-electron chi connectivity index (χ4n) is 2.79. The number of hydrogen-bond donors (Lipinski definition) is 0. The topological polar surface area (TPSA) is 76.0 Å². The minimum Gasteiger partial charge on any atom is -0.375 e. The number of rotatable bonds is 3. The molecule has 1 amide bonds. The molecule has 0 bridgehead atoms. The van der Waals surface area contributed by atoms with Gasteiger partial charge in [0.25, 0.3) is 5.91 Å². The lowest BCUT2D eigenvalue weighted by Crippen LogP contribution is -2.38. The molecular formula is C14H14F2N2O4S2. The SMILES string of the molecule is COCC(=O)N=C1S[C@@H]2CS(=O)(=O)C[C@H]2N1c1ccc(F)cc1F. The van der Waals surface area contributed by atoms with E-state index in [1.54, 1.807) is 0 Å². The second-order valence-corrected chi connectivity index (χ2v) is 8.85. The standard InChI is InChI=1S/C14H14F2N2O4S2/c1-22-5-13(19)17-14-18(10-3-2-8(15)4-9(10)16)11-6-24(20,21)7-12(11)23-14/h2-4,11-12H,5-7H2,1H3/t11-,12-/m1/s1. The summed E-state index contributed by atoms with van der Waals surface area (Å²) < 4.78 is 55.8. The molecule has 0 unspecified atom stereocenters. The van der Waals surface area contributed by atoms with Gasteiger partial charge in [0.15, 0.2) is 15.0 Å². The van der Waals surface area contributed by atoms with E-state index in [0.29, 0.717) is 6.07 Å². The first-order valence-corrected chi connectivity index (χ1v) is 9.72. The largest absolute Gasteiger partial charge is 0.375 e. The van der Waals surface area contributed by atoms with Crippen molar-refractivity contribution >= 4 is 38.4 Å². The average molecular weight is 376 g/mol. The maximum Gasteiger partial charge on any atom is 0.274 e. The van der Waals surface area contributed by atoms with Crippen LogP contribution in [0.15, 0.2) is 23.2 Å². The van der Waals surface area contributed by atoms with Crippen LogP contribution in [-0.2, 0) is 19.4 Å². The van der Waals surface area contributed by atoms with Gasteiger partial charge in [0.2, 0.25) is 0 Å². The highest BCUT2D eigenvalue weighted by Crippen LogP contribution is 2.41. The fourth-order valence-corrected chi connectivity index (χ4v) is 6.71. The molecule has 0 aliphatic carbocycles. The second kappa shape index (κ2) is 6.41. The van der Waals surface area contributed by atoms with E-state index >= 15 is 0 Å². The van der Waals surface area contributed by atoms with E-state index in [0.717, 1.165) is 17.8 Å². The van der Waals surface area contributed by atoms with Crippen molar-refractivity contribution < 1.29 is 26.7 Å². The number of anilines is 1. The van der Waals surface area contributed by atoms with Crippen LogP contribution in [0.3, 0.4) is 0 Å². The fraction of sp³-hybridized carbons (Fsp3) is 0.429. The van der Waals surface area contributed by atoms with Gasteiger partial charge >= 0.3 is 0 Å². The number of carbonyl (C=O) groups is 1. The molecule has 2 atom stereocenters. The summed E-state index contributed by atoms with van der Waals surface area (Å²) in [6.45, 7) is -0.239. The van der Waals surface area contributed by atoms with E-state index in [4.69, 9.17) is 4.74 Å². The molecule has 10 heteroatoms. The molecule has 0 radical (unpaired) electrons. The highest BCUT2D eigenvalue weighted by Gasteiger charge is 2.50. The number of halogens is 2. The Morgan fingerprint density at radius 1 is 1.42 bits per heavy atom. The van der Waals surface area contributed by atoms with Crippen LogP contribution in [0.1, 0.15) is 0 Å². The number of aliphatic imine (C=N–C) groups is 1. The van der Waals surface area contributed by atoms with Gasteiger partial charge in [0.05, 0.1) is 23.2 Å². The highest BCUT2D eigenvalue weighted by atomic mass is 32.2. The van der Waals surface area contributed by atoms with Crippen molar-refractivity contribution in [3.05, 3.63) is 29.8 Å². The van der Waals surface area contributed by atoms with Crippen LogP contribution >= 0.6 is 11.8 Å². The van der Waals surface area contributed by atoms with Crippen molar-refractivity contribution in [2.24, 2.45) is 4.99 Å². The lowest BCUT2D eigenvalue weighted by Gasteiger charge is -2.24. The molecule has 6 nitrogen and oxygen atoms in total. The van der Waals surface area contributed by atoms with Gasteiger partial charge in [-0.1, -0.05) is 11.8 Å². The first-order chi connectivity index (χ1) is 11.3. The smallest absolute Gasteiger partial charge is 0.274 e. The zero-order valence-electron chi connectivity index (χ0n) is 12.6. The van der Waals surface area contributed by atoms with E-state index < -0.39 is 33.4 Å². The predicted molar refractivity (Wildman–Crippen MR) is 87.0 cm³/mol. The van der Waals surface area contributed by atoms with Gasteiger partial charge in [-0.25, -0.2) is 17.2 Å². The van der Waals surface area contributed by atoms with E-state index in [9.17, 15) is 22.0 Å². The molecule has 1 aromatic carbocycles. The Morgan fingerprint density at radius 2 is 2.17 bits per heavy atom. The summed E-state index contributed by atoms with van der Waals surface area (Å²) in [6.07, 6.45) is 0. The summed E-state index contributed by atoms with van der Waals surface area (Å²) in [6, 6.07) is 2.46. The van der Waals surface area contributed by atoms with E-state index in [-0.39, 0.29) is 34.2 Å². The number of methoxy groups -OCH3 is 1. The third-order valence-electron chi connectivity index (χ3n) is 3.72. The number of nitrogens with zero attached hydrogens (tertiary/aromatic N) is 2. The van der Waals surface area contributed by atoms with Crippen LogP contribution in [0.2, 0.25) is 0 Å². The van der Waals surface area contributed by atoms with Gasteiger partial charge in [-0.3, -0.25) is 4.79 Å². The highest BCUT2D eigenvalue weighted by molar-refractivity contribution is 8.16. The maximum absolute atomic E-state index is 14.2. The van der Waals surface area contributed by atoms with Crippen LogP contribution in [0.25, 0.3) is 0 Å². The van der Waals surface area contributed by atoms with Gasteiger partial charge in [0, 0.05) is 18.4 Å². The Morgan fingerprint density at radius 3 is 2.83 bits per heavy atom. The van der Waals surface area contributed by atoms with Crippen LogP contribution < -0.4 is 4.90 Å². The maximum atomic E-state index is 14.2. The molecule has 2 aliphatic rings. The zero-order valence-corrected chi connectivity index (χ0v) is 14.2. The third-order valence-corrected chi connectivity index (χ3v) is 6.93. The molecular weight excluding hydrogens is 362 g/mol. The second-order valence-electron chi connectivity index (χ2n) is 5.49. The van der Waals surface area contributed by atoms with Crippen LogP contribution in [-0.4, -0.2) is 56.0 Å². The predicted octanol–water partition coefficient (Wildman–Crippen LogP) is 1.21. The number of thioether (sulfide) groups is 1. The Hall–Kier alpha value is -1.52. The average Bonchev–Trinajstić information content (AvgIpc) is 2.91. The Kier molecular flexibility index (Phi) is 4.63. The lowest BCUT2D eigenvalue weighted by atomic mass is 10.2. The summed E-state index contributed by atoms with van der Waals surface area (Å²) in [4.78, 5) is 17.0. The molecule has 2 saturated heterocycles. The Balaban J connectivity index is 2.03. The molecule has 2 heterocycles. The summed E-state index contributed by atoms with van der Waals surface area (Å²) >= 11 is 1.11. The molecule has 0 saturated carbocycles. The number of sulfone groups is 1. The van der Waals surface area contributed by atoms with E-state index in [2.05, 4.69) is 4.99 Å². The van der Waals surface area contributed by atoms with Crippen molar-refractivity contribution in [2.75, 3.05) is 30.1 Å². The first-order valence-electron chi connectivity index (χ1n) is 7.02. The summed E-state index contributed by atoms with van der Waals surface area (Å²) in [5.41, 5.74) is -0.00235. The van der Waals surface area contributed by atoms with Crippen molar-refractivity contribution in [1.82, 2.24) is 0 Å². The Bertz CT molecular complexity index is 813. The van der Waals surface area contributed by atoms with Gasteiger partial charge < -0.3 is 9.64 Å². The van der Waals surface area contributed by atoms with E-state index in [1.165, 1.54) is 18.1 Å². The quantitative estimate of drug-likeness (QED) is 0.789. The third kappa shape index (κ3) is 3.31. The number of benzene rings is 1. The van der Waals surface area contributed by atoms with Crippen molar-refractivity contribution in [3.8, 4) is 0 Å². The van der Waals surface area contributed by atoms with Gasteiger partial charge in [-0.2, -0.15) is 4.99 Å². The summed E-state index contributed by atoms with van der Waals surface area (Å²) in [7, 11) is -1.91. The normalized spacial score (nSPS) is 26.8. The van der Waals surface area contributed by atoms with Gasteiger partial charge in [-0.05, 0) is 12.1 Å². The molecule has 0 spiro atoms. The Labute approximate surface area is 141 Å². The molecule has 130 valence electrons. The minimum atomic E-state index is -3.25. The number of ether oxygens (including phenoxy) is 1.